The Morgan fingerprint density at radius 2 is 2.24 bits per heavy atom. The predicted molar refractivity (Wildman–Crippen MR) is 75.2 cm³/mol. The molecule has 3 rings (SSSR count). The number of hydrogen-bond acceptors (Lipinski definition) is 5. The van der Waals surface area contributed by atoms with E-state index in [1.54, 1.807) is 0 Å². The van der Waals surface area contributed by atoms with E-state index in [0.717, 1.165) is 22.2 Å². The molecule has 0 unspecified atom stereocenters. The van der Waals surface area contributed by atoms with Crippen LogP contribution in [0.1, 0.15) is 17.7 Å². The Morgan fingerprint density at radius 1 is 1.48 bits per heavy atom. The second-order valence-electron chi connectivity index (χ2n) is 5.24. The third-order valence-corrected chi connectivity index (χ3v) is 3.63. The molecule has 21 heavy (non-hydrogen) atoms. The summed E-state index contributed by atoms with van der Waals surface area (Å²) in [5.41, 5.74) is 2.55. The van der Waals surface area contributed by atoms with Gasteiger partial charge in [0.05, 0.1) is 5.52 Å². The van der Waals surface area contributed by atoms with Gasteiger partial charge in [0.15, 0.2) is 0 Å². The van der Waals surface area contributed by atoms with Crippen molar-refractivity contribution in [3.63, 3.8) is 0 Å². The third kappa shape index (κ3) is 2.69. The van der Waals surface area contributed by atoms with Crippen LogP contribution in [-0.2, 0) is 16.1 Å². The molecule has 0 N–H and O–H groups in total. The summed E-state index contributed by atoms with van der Waals surface area (Å²) in [7, 11) is 0. The van der Waals surface area contributed by atoms with Gasteiger partial charge in [-0.1, -0.05) is 18.2 Å². The average Bonchev–Trinajstić information content (AvgIpc) is 3.25. The van der Waals surface area contributed by atoms with Gasteiger partial charge >= 0.3 is 5.97 Å². The number of rotatable bonds is 4. The van der Waals surface area contributed by atoms with Crippen LogP contribution in [0, 0.1) is 23.0 Å². The fourth-order valence-corrected chi connectivity index (χ4v) is 2.44. The first-order chi connectivity index (χ1) is 10.1. The zero-order valence-corrected chi connectivity index (χ0v) is 11.5. The van der Waals surface area contributed by atoms with E-state index < -0.39 is 22.9 Å². The fraction of sp³-hybridized carbons (Fsp3) is 0.333. The zero-order valence-electron chi connectivity index (χ0n) is 11.5. The van der Waals surface area contributed by atoms with Gasteiger partial charge in [-0.2, -0.15) is 0 Å². The molecule has 6 heteroatoms. The molecule has 0 saturated heterocycles. The summed E-state index contributed by atoms with van der Waals surface area (Å²) in [6, 6.07) is 8.71. The summed E-state index contributed by atoms with van der Waals surface area (Å²) < 4.78 is 5.22. The molecule has 108 valence electrons. The number of nitrogens with zero attached hydrogens (tertiary/aromatic N) is 2. The van der Waals surface area contributed by atoms with E-state index in [0.29, 0.717) is 0 Å². The van der Waals surface area contributed by atoms with E-state index in [1.165, 1.54) is 0 Å². The third-order valence-electron chi connectivity index (χ3n) is 3.63. The maximum Gasteiger partial charge on any atom is 0.316 e. The molecule has 1 fully saturated rings. The lowest BCUT2D eigenvalue weighted by Gasteiger charge is -2.08. The topological polar surface area (TPSA) is 82.3 Å². The van der Waals surface area contributed by atoms with Crippen LogP contribution in [-0.4, -0.2) is 21.9 Å². The van der Waals surface area contributed by atoms with Crippen molar-refractivity contribution in [2.24, 2.45) is 5.92 Å². The van der Waals surface area contributed by atoms with Crippen LogP contribution < -0.4 is 0 Å². The number of carbonyl (C=O) groups excluding carboxylic acids is 1. The SMILES string of the molecule is Cc1cc(COC(=O)[C@H]2C[C@H]2[N+](=O)[O-])c2ccccc2n1. The summed E-state index contributed by atoms with van der Waals surface area (Å²) in [4.78, 5) is 26.3. The summed E-state index contributed by atoms with van der Waals surface area (Å²) in [6.07, 6.45) is 0.280. The number of pyridine rings is 1. The van der Waals surface area contributed by atoms with Gasteiger partial charge in [0.2, 0.25) is 6.04 Å². The fourth-order valence-electron chi connectivity index (χ4n) is 2.44. The monoisotopic (exact) mass is 286 g/mol. The normalized spacial score (nSPS) is 20.2. The van der Waals surface area contributed by atoms with Gasteiger partial charge in [-0.05, 0) is 19.1 Å². The Morgan fingerprint density at radius 3 is 2.95 bits per heavy atom. The Labute approximate surface area is 120 Å². The molecule has 1 aliphatic rings. The first kappa shape index (κ1) is 13.5. The smallest absolute Gasteiger partial charge is 0.316 e. The second kappa shape index (κ2) is 5.12. The maximum atomic E-state index is 11.8. The number of para-hydroxylation sites is 1. The molecule has 1 aromatic heterocycles. The van der Waals surface area contributed by atoms with E-state index in [-0.39, 0.29) is 13.0 Å². The molecule has 6 nitrogen and oxygen atoms in total. The van der Waals surface area contributed by atoms with Crippen molar-refractivity contribution in [3.05, 3.63) is 51.7 Å². The molecule has 2 aromatic rings. The van der Waals surface area contributed by atoms with Crippen molar-refractivity contribution in [1.82, 2.24) is 4.98 Å². The molecule has 0 amide bonds. The minimum absolute atomic E-state index is 0.115. The molecule has 1 aromatic carbocycles. The van der Waals surface area contributed by atoms with Crippen molar-refractivity contribution in [1.29, 1.82) is 0 Å². The Balaban J connectivity index is 1.74. The van der Waals surface area contributed by atoms with Gasteiger partial charge in [-0.25, -0.2) is 0 Å². The maximum absolute atomic E-state index is 11.8. The summed E-state index contributed by atoms with van der Waals surface area (Å²) in [5, 5.41) is 11.5. The van der Waals surface area contributed by atoms with Gasteiger partial charge in [-0.15, -0.1) is 0 Å². The van der Waals surface area contributed by atoms with E-state index in [1.807, 2.05) is 37.3 Å². The zero-order chi connectivity index (χ0) is 15.0. The van der Waals surface area contributed by atoms with Crippen LogP contribution in [0.25, 0.3) is 10.9 Å². The number of aryl methyl sites for hydroxylation is 1. The molecular formula is C15H14N2O4. The summed E-state index contributed by atoms with van der Waals surface area (Å²) in [6.45, 7) is 1.99. The number of aromatic nitrogens is 1. The minimum Gasteiger partial charge on any atom is -0.460 e. The Kier molecular flexibility index (Phi) is 3.29. The molecule has 0 spiro atoms. The van der Waals surface area contributed by atoms with E-state index >= 15 is 0 Å². The number of ether oxygens (including phenoxy) is 1. The van der Waals surface area contributed by atoms with Crippen LogP contribution in [0.5, 0.6) is 0 Å². The predicted octanol–water partition coefficient (Wildman–Crippen LogP) is 2.25. The largest absolute Gasteiger partial charge is 0.460 e. The first-order valence-corrected chi connectivity index (χ1v) is 6.71. The Bertz CT molecular complexity index is 729. The number of carbonyl (C=O) groups is 1. The highest BCUT2D eigenvalue weighted by molar-refractivity contribution is 5.82. The molecular weight excluding hydrogens is 272 g/mol. The van der Waals surface area contributed by atoms with E-state index in [9.17, 15) is 14.9 Å². The average molecular weight is 286 g/mol. The number of fused-ring (bicyclic) bond motifs is 1. The molecule has 0 aliphatic heterocycles. The van der Waals surface area contributed by atoms with Crippen LogP contribution in [0.2, 0.25) is 0 Å². The highest BCUT2D eigenvalue weighted by Gasteiger charge is 2.54. The highest BCUT2D eigenvalue weighted by Crippen LogP contribution is 2.34. The van der Waals surface area contributed by atoms with Crippen LogP contribution in [0.3, 0.4) is 0 Å². The highest BCUT2D eigenvalue weighted by atomic mass is 16.6. The van der Waals surface area contributed by atoms with E-state index in [2.05, 4.69) is 4.98 Å². The lowest BCUT2D eigenvalue weighted by molar-refractivity contribution is -0.497. The molecule has 0 bridgehead atoms. The first-order valence-electron chi connectivity index (χ1n) is 6.71. The lowest BCUT2D eigenvalue weighted by Crippen LogP contribution is -2.13. The summed E-state index contributed by atoms with van der Waals surface area (Å²) >= 11 is 0. The van der Waals surface area contributed by atoms with Crippen molar-refractivity contribution in [3.8, 4) is 0 Å². The number of nitro groups is 1. The quantitative estimate of drug-likeness (QED) is 0.489. The van der Waals surface area contributed by atoms with Crippen LogP contribution in [0.4, 0.5) is 0 Å². The number of benzene rings is 1. The minimum atomic E-state index is -0.770. The standard InChI is InChI=1S/C15H14N2O4/c1-9-6-10(11-4-2-3-5-13(11)16-9)8-21-15(18)12-7-14(12)17(19)20/h2-6,12,14H,7-8H2,1H3/t12-,14+/m0/s1. The molecule has 1 saturated carbocycles. The van der Waals surface area contributed by atoms with Crippen LogP contribution in [0.15, 0.2) is 30.3 Å². The van der Waals surface area contributed by atoms with Crippen molar-refractivity contribution >= 4 is 16.9 Å². The molecule has 1 heterocycles. The van der Waals surface area contributed by atoms with Gasteiger partial charge < -0.3 is 4.74 Å². The van der Waals surface area contributed by atoms with Gasteiger partial charge in [0.25, 0.3) is 0 Å². The lowest BCUT2D eigenvalue weighted by atomic mass is 10.1. The number of hydrogen-bond donors (Lipinski definition) is 0. The number of esters is 1. The molecule has 1 aliphatic carbocycles. The van der Waals surface area contributed by atoms with Crippen molar-refractivity contribution < 1.29 is 14.5 Å². The van der Waals surface area contributed by atoms with Crippen molar-refractivity contribution in [2.75, 3.05) is 0 Å². The van der Waals surface area contributed by atoms with Gasteiger partial charge in [0, 0.05) is 28.0 Å². The van der Waals surface area contributed by atoms with Crippen molar-refractivity contribution in [2.45, 2.75) is 26.0 Å². The molecule has 0 radical (unpaired) electrons. The summed E-state index contributed by atoms with van der Waals surface area (Å²) in [5.74, 6) is -1.08. The van der Waals surface area contributed by atoms with Gasteiger partial charge in [0.1, 0.15) is 12.5 Å². The van der Waals surface area contributed by atoms with E-state index in [4.69, 9.17) is 4.74 Å². The van der Waals surface area contributed by atoms with Crippen LogP contribution >= 0.6 is 0 Å². The molecule has 2 atom stereocenters. The van der Waals surface area contributed by atoms with Gasteiger partial charge in [-0.3, -0.25) is 19.9 Å². The Hall–Kier alpha value is -2.50. The second-order valence-corrected chi connectivity index (χ2v) is 5.24.